The second-order valence-electron chi connectivity index (χ2n) is 3.87. The van der Waals surface area contributed by atoms with Gasteiger partial charge in [0.2, 0.25) is 0 Å². The van der Waals surface area contributed by atoms with Gasteiger partial charge in [-0.05, 0) is 24.1 Å². The van der Waals surface area contributed by atoms with Crippen molar-refractivity contribution in [1.29, 1.82) is 0 Å². The fourth-order valence-electron chi connectivity index (χ4n) is 2.41. The van der Waals surface area contributed by atoms with E-state index in [1.165, 1.54) is 11.1 Å². The molecule has 2 aliphatic rings. The van der Waals surface area contributed by atoms with Crippen molar-refractivity contribution in [2.45, 2.75) is 18.6 Å². The summed E-state index contributed by atoms with van der Waals surface area (Å²) in [5.41, 5.74) is 2.78. The van der Waals surface area contributed by atoms with Crippen LogP contribution in [0.3, 0.4) is 0 Å². The Bertz CT molecular complexity index is 329. The van der Waals surface area contributed by atoms with Gasteiger partial charge < -0.3 is 10.1 Å². The van der Waals surface area contributed by atoms with Crippen LogP contribution in [-0.4, -0.2) is 13.1 Å². The van der Waals surface area contributed by atoms with Crippen LogP contribution in [-0.2, 0) is 16.9 Å². The molecular formula is C11H13NO. The van der Waals surface area contributed by atoms with Crippen LogP contribution in [0.15, 0.2) is 24.3 Å². The lowest BCUT2D eigenvalue weighted by atomic mass is 9.92. The van der Waals surface area contributed by atoms with E-state index in [2.05, 4.69) is 29.6 Å². The van der Waals surface area contributed by atoms with Crippen LogP contribution in [0.2, 0.25) is 0 Å². The quantitative estimate of drug-likeness (QED) is 0.643. The third-order valence-electron chi connectivity index (χ3n) is 3.13. The number of nitrogens with one attached hydrogen (secondary N) is 1. The monoisotopic (exact) mass is 175 g/mol. The largest absolute Gasteiger partial charge is 0.364 e. The first-order chi connectivity index (χ1) is 6.41. The van der Waals surface area contributed by atoms with Gasteiger partial charge >= 0.3 is 0 Å². The summed E-state index contributed by atoms with van der Waals surface area (Å²) in [6, 6.07) is 8.56. The number of fused-ring (bicyclic) bond motifs is 2. The molecule has 2 aliphatic heterocycles. The Kier molecular flexibility index (Phi) is 1.49. The van der Waals surface area contributed by atoms with Crippen molar-refractivity contribution in [3.63, 3.8) is 0 Å². The highest BCUT2D eigenvalue weighted by atomic mass is 16.5. The van der Waals surface area contributed by atoms with Gasteiger partial charge in [0.25, 0.3) is 0 Å². The minimum Gasteiger partial charge on any atom is -0.364 e. The summed E-state index contributed by atoms with van der Waals surface area (Å²) in [7, 11) is 0. The molecule has 0 aliphatic carbocycles. The molecule has 13 heavy (non-hydrogen) atoms. The summed E-state index contributed by atoms with van der Waals surface area (Å²) < 4.78 is 5.91. The van der Waals surface area contributed by atoms with Crippen LogP contribution >= 0.6 is 0 Å². The molecule has 3 rings (SSSR count). The lowest BCUT2D eigenvalue weighted by molar-refractivity contribution is -0.0218. The average Bonchev–Trinajstić information content (AvgIpc) is 2.78. The molecule has 1 aromatic carbocycles. The number of ether oxygens (including phenoxy) is 1. The topological polar surface area (TPSA) is 21.3 Å². The third kappa shape index (κ3) is 0.960. The Morgan fingerprint density at radius 1 is 1.31 bits per heavy atom. The van der Waals surface area contributed by atoms with Crippen molar-refractivity contribution >= 4 is 0 Å². The zero-order chi connectivity index (χ0) is 8.73. The van der Waals surface area contributed by atoms with Crippen LogP contribution < -0.4 is 5.32 Å². The van der Waals surface area contributed by atoms with Gasteiger partial charge in [-0.25, -0.2) is 0 Å². The maximum Gasteiger partial charge on any atom is 0.107 e. The Balaban J connectivity index is 2.11. The molecule has 2 heterocycles. The Labute approximate surface area is 77.9 Å². The minimum atomic E-state index is 0.0105. The van der Waals surface area contributed by atoms with Gasteiger partial charge in [0.1, 0.15) is 5.60 Å². The second kappa shape index (κ2) is 2.56. The number of rotatable bonds is 0. The molecule has 0 unspecified atom stereocenters. The molecule has 1 spiro atoms. The first-order valence-electron chi connectivity index (χ1n) is 4.84. The zero-order valence-electron chi connectivity index (χ0n) is 7.55. The highest BCUT2D eigenvalue weighted by Gasteiger charge is 2.41. The van der Waals surface area contributed by atoms with Gasteiger partial charge in [-0.2, -0.15) is 0 Å². The highest BCUT2D eigenvalue weighted by molar-refractivity contribution is 5.36. The van der Waals surface area contributed by atoms with E-state index in [0.717, 1.165) is 26.1 Å². The van der Waals surface area contributed by atoms with Gasteiger partial charge in [-0.3, -0.25) is 0 Å². The van der Waals surface area contributed by atoms with E-state index in [1.54, 1.807) is 0 Å². The van der Waals surface area contributed by atoms with E-state index in [4.69, 9.17) is 4.74 Å². The van der Waals surface area contributed by atoms with Crippen LogP contribution in [0.4, 0.5) is 0 Å². The van der Waals surface area contributed by atoms with Gasteiger partial charge in [-0.15, -0.1) is 0 Å². The van der Waals surface area contributed by atoms with Crippen molar-refractivity contribution in [2.75, 3.05) is 13.1 Å². The fraction of sp³-hybridized carbons (Fsp3) is 0.455. The molecular weight excluding hydrogens is 162 g/mol. The van der Waals surface area contributed by atoms with Crippen molar-refractivity contribution in [3.8, 4) is 0 Å². The van der Waals surface area contributed by atoms with Crippen molar-refractivity contribution in [1.82, 2.24) is 5.32 Å². The number of hydrogen-bond acceptors (Lipinski definition) is 2. The smallest absolute Gasteiger partial charge is 0.107 e. The maximum atomic E-state index is 5.91. The van der Waals surface area contributed by atoms with Gasteiger partial charge in [0.05, 0.1) is 6.61 Å². The predicted octanol–water partition coefficient (Wildman–Crippen LogP) is 1.41. The van der Waals surface area contributed by atoms with Crippen LogP contribution in [0.25, 0.3) is 0 Å². The van der Waals surface area contributed by atoms with Crippen LogP contribution in [0.5, 0.6) is 0 Å². The third-order valence-corrected chi connectivity index (χ3v) is 3.13. The standard InChI is InChI=1S/C11H13NO/c1-2-4-10-9(3-1)7-13-11(10)5-6-12-8-11/h1-4,12H,5-8H2/t11-/m1/s1. The van der Waals surface area contributed by atoms with Crippen molar-refractivity contribution in [2.24, 2.45) is 0 Å². The zero-order valence-corrected chi connectivity index (χ0v) is 7.55. The molecule has 0 amide bonds. The van der Waals surface area contributed by atoms with Gasteiger partial charge in [0, 0.05) is 6.54 Å². The summed E-state index contributed by atoms with van der Waals surface area (Å²) in [5, 5.41) is 3.37. The SMILES string of the molecule is c1ccc2c(c1)CO[C@@]21CCNC1. The first kappa shape index (κ1) is 7.54. The predicted molar refractivity (Wildman–Crippen MR) is 50.4 cm³/mol. The molecule has 0 bridgehead atoms. The molecule has 0 radical (unpaired) electrons. The fourth-order valence-corrected chi connectivity index (χ4v) is 2.41. The molecule has 1 atom stereocenters. The summed E-state index contributed by atoms with van der Waals surface area (Å²) in [4.78, 5) is 0. The van der Waals surface area contributed by atoms with E-state index in [9.17, 15) is 0 Å². The van der Waals surface area contributed by atoms with Gasteiger partial charge in [0.15, 0.2) is 0 Å². The Morgan fingerprint density at radius 2 is 2.23 bits per heavy atom. The normalized spacial score (nSPS) is 31.1. The van der Waals surface area contributed by atoms with Crippen molar-refractivity contribution < 1.29 is 4.74 Å². The highest BCUT2D eigenvalue weighted by Crippen LogP contribution is 2.40. The molecule has 1 saturated heterocycles. The summed E-state index contributed by atoms with van der Waals surface area (Å²) in [6.07, 6.45) is 1.12. The molecule has 0 aromatic heterocycles. The van der Waals surface area contributed by atoms with Gasteiger partial charge in [-0.1, -0.05) is 24.3 Å². The summed E-state index contributed by atoms with van der Waals surface area (Å²) >= 11 is 0. The summed E-state index contributed by atoms with van der Waals surface area (Å²) in [5.74, 6) is 0. The van der Waals surface area contributed by atoms with E-state index in [-0.39, 0.29) is 5.60 Å². The maximum absolute atomic E-state index is 5.91. The molecule has 0 saturated carbocycles. The van der Waals surface area contributed by atoms with Crippen molar-refractivity contribution in [3.05, 3.63) is 35.4 Å². The lowest BCUT2D eigenvalue weighted by Crippen LogP contribution is -2.27. The van der Waals surface area contributed by atoms with Crippen LogP contribution in [0.1, 0.15) is 17.5 Å². The number of benzene rings is 1. The van der Waals surface area contributed by atoms with E-state index < -0.39 is 0 Å². The molecule has 2 nitrogen and oxygen atoms in total. The molecule has 68 valence electrons. The lowest BCUT2D eigenvalue weighted by Gasteiger charge is -2.22. The summed E-state index contributed by atoms with van der Waals surface area (Å²) in [6.45, 7) is 2.84. The second-order valence-corrected chi connectivity index (χ2v) is 3.87. The first-order valence-corrected chi connectivity index (χ1v) is 4.84. The Hall–Kier alpha value is -0.860. The van der Waals surface area contributed by atoms with Crippen LogP contribution in [0, 0.1) is 0 Å². The number of hydrogen-bond donors (Lipinski definition) is 1. The van der Waals surface area contributed by atoms with E-state index >= 15 is 0 Å². The molecule has 1 N–H and O–H groups in total. The average molecular weight is 175 g/mol. The Morgan fingerprint density at radius 3 is 3.08 bits per heavy atom. The minimum absolute atomic E-state index is 0.0105. The molecule has 1 fully saturated rings. The van der Waals surface area contributed by atoms with E-state index in [1.807, 2.05) is 0 Å². The molecule has 2 heteroatoms. The molecule has 1 aromatic rings. The van der Waals surface area contributed by atoms with E-state index in [0.29, 0.717) is 0 Å².